The van der Waals surface area contributed by atoms with Gasteiger partial charge in [-0.05, 0) is 6.07 Å². The van der Waals surface area contributed by atoms with E-state index in [1.165, 1.54) is 22.6 Å². The number of amides is 1. The van der Waals surface area contributed by atoms with Crippen molar-refractivity contribution in [3.63, 3.8) is 0 Å². The number of carbonyl (C=O) groups excluding carboxylic acids is 1. The molecule has 1 saturated heterocycles. The second kappa shape index (κ2) is 8.44. The fraction of sp³-hybridized carbons (Fsp3) is 0.316. The minimum absolute atomic E-state index is 0.00588. The van der Waals surface area contributed by atoms with Crippen LogP contribution in [0.25, 0.3) is 0 Å². The van der Waals surface area contributed by atoms with Gasteiger partial charge >= 0.3 is 0 Å². The van der Waals surface area contributed by atoms with E-state index in [-0.39, 0.29) is 24.2 Å². The molecule has 0 saturated carbocycles. The number of nitrogens with one attached hydrogen (secondary N) is 3. The van der Waals surface area contributed by atoms with Crippen LogP contribution in [0, 0.1) is 10.1 Å². The molecule has 1 heterocycles. The van der Waals surface area contributed by atoms with Crippen LogP contribution in [0.4, 0.5) is 11.4 Å². The lowest BCUT2D eigenvalue weighted by atomic mass is 10.2. The van der Waals surface area contributed by atoms with Crippen LogP contribution in [-0.2, 0) is 11.3 Å². The zero-order chi connectivity index (χ0) is 18.4. The summed E-state index contributed by atoms with van der Waals surface area (Å²) < 4.78 is 0. The third kappa shape index (κ3) is 5.03. The van der Waals surface area contributed by atoms with E-state index in [0.29, 0.717) is 5.69 Å². The Labute approximate surface area is 152 Å². The summed E-state index contributed by atoms with van der Waals surface area (Å²) in [5.74, 6) is -0.0949. The molecule has 1 unspecified atom stereocenters. The average Bonchev–Trinajstić information content (AvgIpc) is 3.08. The smallest absolute Gasteiger partial charge is 0.271 e. The number of likely N-dealkylation sites (tertiary alicyclic amines) is 1. The molecule has 1 fully saturated rings. The van der Waals surface area contributed by atoms with E-state index in [1.54, 1.807) is 12.1 Å². The molecule has 1 aliphatic heterocycles. The van der Waals surface area contributed by atoms with Gasteiger partial charge in [-0.15, -0.1) is 0 Å². The van der Waals surface area contributed by atoms with E-state index in [9.17, 15) is 14.9 Å². The Hall–Kier alpha value is -2.93. The molecule has 136 valence electrons. The number of quaternary nitrogens is 1. The predicted octanol–water partition coefficient (Wildman–Crippen LogP) is 0.980. The van der Waals surface area contributed by atoms with Crippen molar-refractivity contribution in [2.75, 3.05) is 25.0 Å². The molecule has 2 aromatic carbocycles. The molecular formula is C19H23N4O3+. The zero-order valence-corrected chi connectivity index (χ0v) is 14.5. The van der Waals surface area contributed by atoms with Gasteiger partial charge in [-0.1, -0.05) is 36.4 Å². The molecule has 7 heteroatoms. The first kappa shape index (κ1) is 17.9. The number of nitrogens with zero attached hydrogens (tertiary/aromatic N) is 1. The first-order valence-corrected chi connectivity index (χ1v) is 8.75. The van der Waals surface area contributed by atoms with Gasteiger partial charge in [-0.2, -0.15) is 0 Å². The summed E-state index contributed by atoms with van der Waals surface area (Å²) in [4.78, 5) is 23.9. The number of carbonyl (C=O) groups is 1. The highest BCUT2D eigenvalue weighted by atomic mass is 16.6. The van der Waals surface area contributed by atoms with Crippen molar-refractivity contribution in [2.24, 2.45) is 0 Å². The normalized spacial score (nSPS) is 19.1. The van der Waals surface area contributed by atoms with E-state index in [4.69, 9.17) is 0 Å². The minimum atomic E-state index is -0.451. The molecule has 1 amide bonds. The maximum Gasteiger partial charge on any atom is 0.271 e. The second-order valence-corrected chi connectivity index (χ2v) is 6.58. The van der Waals surface area contributed by atoms with Gasteiger partial charge in [-0.25, -0.2) is 0 Å². The van der Waals surface area contributed by atoms with Crippen LogP contribution < -0.4 is 15.5 Å². The predicted molar refractivity (Wildman–Crippen MR) is 99.0 cm³/mol. The molecule has 0 radical (unpaired) electrons. The Morgan fingerprint density at radius 2 is 2.00 bits per heavy atom. The highest BCUT2D eigenvalue weighted by molar-refractivity contribution is 5.81. The number of nitro benzene ring substituents is 1. The van der Waals surface area contributed by atoms with Crippen LogP contribution in [0.2, 0.25) is 0 Å². The van der Waals surface area contributed by atoms with E-state index < -0.39 is 4.92 Å². The van der Waals surface area contributed by atoms with Crippen LogP contribution in [0.15, 0.2) is 54.6 Å². The largest absolute Gasteiger partial charge is 0.376 e. The Bertz CT molecular complexity index is 766. The second-order valence-electron chi connectivity index (χ2n) is 6.58. The quantitative estimate of drug-likeness (QED) is 0.510. The highest BCUT2D eigenvalue weighted by Crippen LogP contribution is 2.16. The van der Waals surface area contributed by atoms with Crippen molar-refractivity contribution >= 4 is 17.3 Å². The van der Waals surface area contributed by atoms with Crippen molar-refractivity contribution in [1.29, 1.82) is 0 Å². The lowest BCUT2D eigenvalue weighted by molar-refractivity contribution is -0.901. The maximum atomic E-state index is 12.1. The van der Waals surface area contributed by atoms with Crippen molar-refractivity contribution in [2.45, 2.75) is 19.0 Å². The molecule has 0 aliphatic carbocycles. The Kier molecular flexibility index (Phi) is 5.80. The molecule has 2 aromatic rings. The molecule has 1 aliphatic rings. The van der Waals surface area contributed by atoms with Crippen LogP contribution >= 0.6 is 0 Å². The summed E-state index contributed by atoms with van der Waals surface area (Å²) in [6.45, 7) is 3.03. The highest BCUT2D eigenvalue weighted by Gasteiger charge is 2.27. The van der Waals surface area contributed by atoms with Gasteiger partial charge in [0.2, 0.25) is 5.91 Å². The van der Waals surface area contributed by atoms with Crippen molar-refractivity contribution in [3.05, 3.63) is 70.3 Å². The van der Waals surface area contributed by atoms with Crippen LogP contribution in [-0.4, -0.2) is 36.5 Å². The third-order valence-corrected chi connectivity index (χ3v) is 4.55. The number of anilines is 1. The number of nitro groups is 1. The summed E-state index contributed by atoms with van der Waals surface area (Å²) in [5.41, 5.74) is 1.88. The van der Waals surface area contributed by atoms with Gasteiger partial charge in [0, 0.05) is 29.8 Å². The number of hydrogen-bond acceptors (Lipinski definition) is 4. The summed E-state index contributed by atoms with van der Waals surface area (Å²) >= 11 is 0. The van der Waals surface area contributed by atoms with Gasteiger partial charge in [-0.3, -0.25) is 14.9 Å². The first-order valence-electron chi connectivity index (χ1n) is 8.75. The maximum absolute atomic E-state index is 12.1. The molecule has 0 aromatic heterocycles. The first-order chi connectivity index (χ1) is 12.6. The number of rotatable bonds is 7. The number of benzene rings is 2. The van der Waals surface area contributed by atoms with E-state index in [1.807, 2.05) is 18.2 Å². The molecule has 2 atom stereocenters. The Morgan fingerprint density at radius 3 is 2.77 bits per heavy atom. The monoisotopic (exact) mass is 355 g/mol. The van der Waals surface area contributed by atoms with Gasteiger partial charge in [0.1, 0.15) is 6.54 Å². The van der Waals surface area contributed by atoms with Gasteiger partial charge in [0.15, 0.2) is 0 Å². The fourth-order valence-corrected chi connectivity index (χ4v) is 3.29. The van der Waals surface area contributed by atoms with Crippen molar-refractivity contribution in [1.82, 2.24) is 5.32 Å². The summed E-state index contributed by atoms with van der Waals surface area (Å²) in [6.07, 6.45) is 0.963. The lowest BCUT2D eigenvalue weighted by Gasteiger charge is -2.14. The van der Waals surface area contributed by atoms with Crippen LogP contribution in [0.3, 0.4) is 0 Å². The van der Waals surface area contributed by atoms with Gasteiger partial charge < -0.3 is 15.5 Å². The standard InChI is InChI=1S/C19H22N4O3/c24-19(12-20-16-7-4-8-18(11-16)23(25)26)21-17-9-10-22(14-17)13-15-5-2-1-3-6-15/h1-8,11,17,20H,9-10,12-14H2,(H,21,24)/p+1/t17-/m0/s1. The summed E-state index contributed by atoms with van der Waals surface area (Å²) in [6, 6.07) is 16.7. The van der Waals surface area contributed by atoms with E-state index >= 15 is 0 Å². The van der Waals surface area contributed by atoms with E-state index in [2.05, 4.69) is 22.8 Å². The van der Waals surface area contributed by atoms with Crippen LogP contribution in [0.1, 0.15) is 12.0 Å². The fourth-order valence-electron chi connectivity index (χ4n) is 3.29. The molecule has 0 spiro atoms. The summed E-state index contributed by atoms with van der Waals surface area (Å²) in [5, 5.41) is 16.8. The van der Waals surface area contributed by atoms with Crippen molar-refractivity contribution < 1.29 is 14.6 Å². The Balaban J connectivity index is 1.43. The SMILES string of the molecule is O=C(CNc1cccc([N+](=O)[O-])c1)N[C@H]1CC[NH+](Cc2ccccc2)C1. The topological polar surface area (TPSA) is 88.7 Å². The molecule has 3 rings (SSSR count). The number of hydrogen-bond donors (Lipinski definition) is 3. The molecular weight excluding hydrogens is 332 g/mol. The minimum Gasteiger partial charge on any atom is -0.376 e. The molecule has 26 heavy (non-hydrogen) atoms. The lowest BCUT2D eigenvalue weighted by Crippen LogP contribution is -3.09. The van der Waals surface area contributed by atoms with E-state index in [0.717, 1.165) is 26.1 Å². The summed E-state index contributed by atoms with van der Waals surface area (Å²) in [7, 11) is 0. The number of non-ortho nitro benzene ring substituents is 1. The molecule has 7 nitrogen and oxygen atoms in total. The van der Waals surface area contributed by atoms with Crippen molar-refractivity contribution in [3.8, 4) is 0 Å². The Morgan fingerprint density at radius 1 is 1.19 bits per heavy atom. The average molecular weight is 355 g/mol. The van der Waals surface area contributed by atoms with Crippen LogP contribution in [0.5, 0.6) is 0 Å². The molecule has 0 bridgehead atoms. The third-order valence-electron chi connectivity index (χ3n) is 4.55. The van der Waals surface area contributed by atoms with Gasteiger partial charge in [0.05, 0.1) is 30.6 Å². The zero-order valence-electron chi connectivity index (χ0n) is 14.5. The molecule has 3 N–H and O–H groups in total. The van der Waals surface area contributed by atoms with Gasteiger partial charge in [0.25, 0.3) is 5.69 Å².